The lowest BCUT2D eigenvalue weighted by Gasteiger charge is -2.11. The van der Waals surface area contributed by atoms with Crippen molar-refractivity contribution in [2.45, 2.75) is 20.4 Å². The van der Waals surface area contributed by atoms with E-state index in [1.807, 2.05) is 32.0 Å². The number of nitrogens with one attached hydrogen (secondary N) is 2. The summed E-state index contributed by atoms with van der Waals surface area (Å²) in [5, 5.41) is 6.35. The molecule has 0 bridgehead atoms. The Bertz CT molecular complexity index is 854. The summed E-state index contributed by atoms with van der Waals surface area (Å²) in [6.45, 7) is 4.33. The van der Waals surface area contributed by atoms with E-state index in [0.717, 1.165) is 16.9 Å². The van der Waals surface area contributed by atoms with Gasteiger partial charge in [-0.05, 0) is 43.2 Å². The summed E-state index contributed by atoms with van der Waals surface area (Å²) in [6, 6.07) is 7.43. The van der Waals surface area contributed by atoms with Gasteiger partial charge in [-0.1, -0.05) is 17.7 Å². The summed E-state index contributed by atoms with van der Waals surface area (Å²) < 4.78 is 5.23. The lowest BCUT2D eigenvalue weighted by Crippen LogP contribution is -2.15. The van der Waals surface area contributed by atoms with E-state index in [1.165, 1.54) is 12.4 Å². The van der Waals surface area contributed by atoms with Crippen molar-refractivity contribution in [2.24, 2.45) is 0 Å². The number of carbonyl (C=O) groups excluding carboxylic acids is 1. The largest absolute Gasteiger partial charge is 0.467 e. The minimum Gasteiger partial charge on any atom is -0.467 e. The number of anilines is 2. The molecule has 0 fully saturated rings. The fourth-order valence-electron chi connectivity index (χ4n) is 2.38. The van der Waals surface area contributed by atoms with Crippen molar-refractivity contribution in [3.8, 4) is 0 Å². The summed E-state index contributed by atoms with van der Waals surface area (Å²) in [7, 11) is 0. The van der Waals surface area contributed by atoms with Crippen LogP contribution in [0.2, 0.25) is 5.02 Å². The van der Waals surface area contributed by atoms with Gasteiger partial charge in [0.1, 0.15) is 17.3 Å². The first-order valence-corrected chi connectivity index (χ1v) is 8.07. The van der Waals surface area contributed by atoms with Gasteiger partial charge in [0.15, 0.2) is 0 Å². The first kappa shape index (κ1) is 17.0. The molecule has 0 atom stereocenters. The highest BCUT2D eigenvalue weighted by molar-refractivity contribution is 6.34. The van der Waals surface area contributed by atoms with Gasteiger partial charge in [-0.15, -0.1) is 0 Å². The van der Waals surface area contributed by atoms with Crippen LogP contribution in [0.25, 0.3) is 0 Å². The molecule has 128 valence electrons. The molecular weight excluding hydrogens is 340 g/mol. The number of rotatable bonds is 5. The standard InChI is InChI=1S/C18H17ClN4O2/c1-11-6-12(2)17(14(19)7-11)23-18(24)15-9-22-16(10-20-15)21-8-13-4-3-5-25-13/h3-7,9-10H,8H2,1-2H3,(H,21,22)(H,23,24). The number of furan rings is 1. The second-order valence-corrected chi connectivity index (χ2v) is 6.02. The van der Waals surface area contributed by atoms with Gasteiger partial charge in [0, 0.05) is 0 Å². The number of halogens is 1. The quantitative estimate of drug-likeness (QED) is 0.716. The van der Waals surface area contributed by atoms with Crippen LogP contribution in [-0.2, 0) is 6.54 Å². The number of aryl methyl sites for hydroxylation is 2. The number of benzene rings is 1. The van der Waals surface area contributed by atoms with Crippen LogP contribution >= 0.6 is 11.6 Å². The van der Waals surface area contributed by atoms with Crippen LogP contribution in [0.1, 0.15) is 27.4 Å². The van der Waals surface area contributed by atoms with E-state index in [-0.39, 0.29) is 11.6 Å². The fraction of sp³-hybridized carbons (Fsp3) is 0.167. The topological polar surface area (TPSA) is 80.0 Å². The molecule has 6 nitrogen and oxygen atoms in total. The Morgan fingerprint density at radius 2 is 2.08 bits per heavy atom. The third-order valence-corrected chi connectivity index (χ3v) is 3.88. The van der Waals surface area contributed by atoms with E-state index < -0.39 is 0 Å². The van der Waals surface area contributed by atoms with Crippen molar-refractivity contribution in [2.75, 3.05) is 10.6 Å². The maximum Gasteiger partial charge on any atom is 0.275 e. The Balaban J connectivity index is 1.66. The molecule has 0 radical (unpaired) electrons. The third-order valence-electron chi connectivity index (χ3n) is 3.58. The van der Waals surface area contributed by atoms with Crippen molar-refractivity contribution in [1.29, 1.82) is 0 Å². The van der Waals surface area contributed by atoms with Gasteiger partial charge in [-0.2, -0.15) is 0 Å². The van der Waals surface area contributed by atoms with E-state index >= 15 is 0 Å². The molecule has 7 heteroatoms. The highest BCUT2D eigenvalue weighted by Crippen LogP contribution is 2.27. The van der Waals surface area contributed by atoms with E-state index in [1.54, 1.807) is 12.3 Å². The molecule has 0 aliphatic rings. The average molecular weight is 357 g/mol. The molecule has 2 aromatic heterocycles. The van der Waals surface area contributed by atoms with Crippen molar-refractivity contribution < 1.29 is 9.21 Å². The maximum atomic E-state index is 12.4. The van der Waals surface area contributed by atoms with Crippen LogP contribution in [0.4, 0.5) is 11.5 Å². The van der Waals surface area contributed by atoms with Gasteiger partial charge < -0.3 is 15.1 Å². The van der Waals surface area contributed by atoms with Gasteiger partial charge in [0.05, 0.1) is 35.9 Å². The number of hydrogen-bond donors (Lipinski definition) is 2. The molecule has 3 rings (SSSR count). The molecule has 0 saturated carbocycles. The number of hydrogen-bond acceptors (Lipinski definition) is 5. The van der Waals surface area contributed by atoms with Crippen LogP contribution < -0.4 is 10.6 Å². The lowest BCUT2D eigenvalue weighted by molar-refractivity contribution is 0.102. The number of nitrogens with zero attached hydrogens (tertiary/aromatic N) is 2. The predicted molar refractivity (Wildman–Crippen MR) is 96.9 cm³/mol. The lowest BCUT2D eigenvalue weighted by atomic mass is 10.1. The first-order chi connectivity index (χ1) is 12.0. The normalized spacial score (nSPS) is 10.5. The molecule has 3 aromatic rings. The second kappa shape index (κ2) is 7.36. The minimum atomic E-state index is -0.362. The van der Waals surface area contributed by atoms with Crippen LogP contribution in [0, 0.1) is 13.8 Å². The van der Waals surface area contributed by atoms with Gasteiger partial charge in [-0.25, -0.2) is 9.97 Å². The molecule has 0 saturated heterocycles. The van der Waals surface area contributed by atoms with Crippen molar-refractivity contribution in [3.63, 3.8) is 0 Å². The number of aromatic nitrogens is 2. The van der Waals surface area contributed by atoms with Gasteiger partial charge >= 0.3 is 0 Å². The molecule has 0 spiro atoms. The first-order valence-electron chi connectivity index (χ1n) is 7.69. The molecule has 25 heavy (non-hydrogen) atoms. The van der Waals surface area contributed by atoms with Gasteiger partial charge in [0.25, 0.3) is 5.91 Å². The zero-order chi connectivity index (χ0) is 17.8. The molecule has 0 aliphatic heterocycles. The van der Waals surface area contributed by atoms with Gasteiger partial charge in [0.2, 0.25) is 0 Å². The Hall–Kier alpha value is -2.86. The molecule has 1 amide bonds. The fourth-order valence-corrected chi connectivity index (χ4v) is 2.75. The Morgan fingerprint density at radius 1 is 1.24 bits per heavy atom. The Labute approximate surface area is 150 Å². The third kappa shape index (κ3) is 4.16. The zero-order valence-corrected chi connectivity index (χ0v) is 14.6. The van der Waals surface area contributed by atoms with Crippen molar-refractivity contribution in [3.05, 3.63) is 70.5 Å². The van der Waals surface area contributed by atoms with Crippen LogP contribution in [0.15, 0.2) is 47.3 Å². The van der Waals surface area contributed by atoms with E-state index in [9.17, 15) is 4.79 Å². The Kier molecular flexibility index (Phi) is 5.00. The highest BCUT2D eigenvalue weighted by atomic mass is 35.5. The van der Waals surface area contributed by atoms with Crippen molar-refractivity contribution >= 4 is 29.0 Å². The van der Waals surface area contributed by atoms with Crippen LogP contribution in [0.5, 0.6) is 0 Å². The average Bonchev–Trinajstić information content (AvgIpc) is 3.10. The SMILES string of the molecule is Cc1cc(C)c(NC(=O)c2cnc(NCc3ccco3)cn2)c(Cl)c1. The van der Waals surface area contributed by atoms with Crippen LogP contribution in [-0.4, -0.2) is 15.9 Å². The molecule has 0 aliphatic carbocycles. The maximum absolute atomic E-state index is 12.4. The zero-order valence-electron chi connectivity index (χ0n) is 13.8. The summed E-state index contributed by atoms with van der Waals surface area (Å²) >= 11 is 6.21. The number of carbonyl (C=O) groups is 1. The van der Waals surface area contributed by atoms with E-state index in [4.69, 9.17) is 16.0 Å². The predicted octanol–water partition coefficient (Wildman–Crippen LogP) is 4.20. The molecule has 1 aromatic carbocycles. The van der Waals surface area contributed by atoms with Crippen LogP contribution in [0.3, 0.4) is 0 Å². The second-order valence-electron chi connectivity index (χ2n) is 5.61. The molecular formula is C18H17ClN4O2. The minimum absolute atomic E-state index is 0.208. The Morgan fingerprint density at radius 3 is 2.72 bits per heavy atom. The smallest absolute Gasteiger partial charge is 0.275 e. The van der Waals surface area contributed by atoms with E-state index in [2.05, 4.69) is 20.6 Å². The van der Waals surface area contributed by atoms with Gasteiger partial charge in [-0.3, -0.25) is 4.79 Å². The molecule has 0 unspecified atom stereocenters. The molecule has 2 N–H and O–H groups in total. The summed E-state index contributed by atoms with van der Waals surface area (Å²) in [4.78, 5) is 20.7. The number of amides is 1. The summed E-state index contributed by atoms with van der Waals surface area (Å²) in [6.07, 6.45) is 4.52. The van der Waals surface area contributed by atoms with Crippen molar-refractivity contribution in [1.82, 2.24) is 9.97 Å². The summed E-state index contributed by atoms with van der Waals surface area (Å²) in [5.74, 6) is 0.976. The van der Waals surface area contributed by atoms with E-state index in [0.29, 0.717) is 23.1 Å². The summed E-state index contributed by atoms with van der Waals surface area (Å²) in [5.41, 5.74) is 2.72. The highest BCUT2D eigenvalue weighted by Gasteiger charge is 2.13. The molecule has 2 heterocycles. The monoisotopic (exact) mass is 356 g/mol.